The van der Waals surface area contributed by atoms with Gasteiger partial charge in [0, 0.05) is 5.57 Å². The highest BCUT2D eigenvalue weighted by Crippen LogP contribution is 2.19. The number of carbonyl (C=O) groups is 1. The van der Waals surface area contributed by atoms with Crippen molar-refractivity contribution in [3.63, 3.8) is 0 Å². The Balaban J connectivity index is 2.57. The topological polar surface area (TPSA) is 17.1 Å². The Morgan fingerprint density at radius 3 is 2.67 bits per heavy atom. The van der Waals surface area contributed by atoms with Crippen molar-refractivity contribution in [2.24, 2.45) is 0 Å². The molecule has 0 bridgehead atoms. The number of halogens is 1. The number of carbonyl (C=O) groups excluding carboxylic acids is 1. The van der Waals surface area contributed by atoms with Crippen molar-refractivity contribution in [1.82, 2.24) is 0 Å². The van der Waals surface area contributed by atoms with E-state index in [2.05, 4.69) is 15.9 Å². The summed E-state index contributed by atoms with van der Waals surface area (Å²) in [6.45, 7) is 0. The summed E-state index contributed by atoms with van der Waals surface area (Å²) in [5.74, 6) is 0. The van der Waals surface area contributed by atoms with Gasteiger partial charge in [0.1, 0.15) is 0 Å². The van der Waals surface area contributed by atoms with Crippen LogP contribution in [0, 0.1) is 0 Å². The molecular weight excluding hydrogens is 180 g/mol. The fourth-order valence-corrected chi connectivity index (χ4v) is 1.38. The highest BCUT2D eigenvalue weighted by atomic mass is 79.9. The molecular formula is C7H9BrO. The molecule has 0 saturated heterocycles. The Morgan fingerprint density at radius 2 is 2.33 bits per heavy atom. The smallest absolute Gasteiger partial charge is 0.223 e. The van der Waals surface area contributed by atoms with Crippen LogP contribution < -0.4 is 0 Å². The molecule has 50 valence electrons. The molecule has 1 rings (SSSR count). The van der Waals surface area contributed by atoms with Crippen LogP contribution in [0.25, 0.3) is 0 Å². The van der Waals surface area contributed by atoms with E-state index in [0.717, 1.165) is 18.4 Å². The van der Waals surface area contributed by atoms with E-state index in [0.29, 0.717) is 0 Å². The molecule has 1 aliphatic carbocycles. The SMILES string of the molecule is O=C(Br)C1=CCCCC1. The lowest BCUT2D eigenvalue weighted by Gasteiger charge is -2.06. The van der Waals surface area contributed by atoms with Gasteiger partial charge >= 0.3 is 0 Å². The summed E-state index contributed by atoms with van der Waals surface area (Å²) < 4.78 is 0.0715. The predicted octanol–water partition coefficient (Wildman–Crippen LogP) is 2.41. The second kappa shape index (κ2) is 3.16. The molecule has 0 aliphatic heterocycles. The van der Waals surface area contributed by atoms with Gasteiger partial charge in [-0.2, -0.15) is 0 Å². The average Bonchev–Trinajstić information content (AvgIpc) is 1.90. The Labute approximate surface area is 63.3 Å². The fourth-order valence-electron chi connectivity index (χ4n) is 1.02. The molecule has 9 heavy (non-hydrogen) atoms. The van der Waals surface area contributed by atoms with Crippen molar-refractivity contribution in [2.75, 3.05) is 0 Å². The summed E-state index contributed by atoms with van der Waals surface area (Å²) in [4.78, 5) is 10.6. The maximum Gasteiger partial charge on any atom is 0.223 e. The van der Waals surface area contributed by atoms with Crippen LogP contribution >= 0.6 is 15.9 Å². The molecule has 0 spiro atoms. The van der Waals surface area contributed by atoms with Crippen LogP contribution in [0.3, 0.4) is 0 Å². The van der Waals surface area contributed by atoms with Gasteiger partial charge < -0.3 is 0 Å². The molecule has 0 aromatic rings. The molecule has 0 atom stereocenters. The van der Waals surface area contributed by atoms with Crippen molar-refractivity contribution in [3.05, 3.63) is 11.6 Å². The molecule has 2 heteroatoms. The Morgan fingerprint density at radius 1 is 1.56 bits per heavy atom. The molecule has 0 aromatic carbocycles. The third kappa shape index (κ3) is 1.94. The van der Waals surface area contributed by atoms with Gasteiger partial charge in [-0.25, -0.2) is 0 Å². The van der Waals surface area contributed by atoms with Crippen LogP contribution in [0.4, 0.5) is 0 Å². The second-order valence-corrected chi connectivity index (χ2v) is 2.97. The normalized spacial score (nSPS) is 19.0. The van der Waals surface area contributed by atoms with Crippen LogP contribution in [0.5, 0.6) is 0 Å². The zero-order valence-corrected chi connectivity index (χ0v) is 6.78. The molecule has 0 unspecified atom stereocenters. The largest absolute Gasteiger partial charge is 0.281 e. The van der Waals surface area contributed by atoms with Crippen molar-refractivity contribution in [3.8, 4) is 0 Å². The van der Waals surface area contributed by atoms with Gasteiger partial charge in [-0.3, -0.25) is 4.79 Å². The minimum atomic E-state index is 0.0715. The number of hydrogen-bond donors (Lipinski definition) is 0. The lowest BCUT2D eigenvalue weighted by Crippen LogP contribution is -1.97. The zero-order valence-electron chi connectivity index (χ0n) is 5.19. The fraction of sp³-hybridized carbons (Fsp3) is 0.571. The van der Waals surface area contributed by atoms with Crippen LogP contribution in [-0.4, -0.2) is 4.69 Å². The molecule has 0 aromatic heterocycles. The first kappa shape index (κ1) is 7.00. The van der Waals surface area contributed by atoms with E-state index in [1.165, 1.54) is 12.8 Å². The van der Waals surface area contributed by atoms with Gasteiger partial charge in [-0.15, -0.1) is 0 Å². The van der Waals surface area contributed by atoms with E-state index in [9.17, 15) is 4.79 Å². The molecule has 0 radical (unpaired) electrons. The van der Waals surface area contributed by atoms with E-state index in [1.54, 1.807) is 0 Å². The van der Waals surface area contributed by atoms with Gasteiger partial charge in [0.25, 0.3) is 0 Å². The van der Waals surface area contributed by atoms with Crippen molar-refractivity contribution < 1.29 is 4.79 Å². The second-order valence-electron chi connectivity index (χ2n) is 2.25. The zero-order chi connectivity index (χ0) is 6.69. The van der Waals surface area contributed by atoms with E-state index in [-0.39, 0.29) is 4.69 Å². The summed E-state index contributed by atoms with van der Waals surface area (Å²) in [6, 6.07) is 0. The molecule has 1 aliphatic rings. The molecule has 0 fully saturated rings. The first-order valence-corrected chi connectivity index (χ1v) is 3.99. The van der Waals surface area contributed by atoms with Crippen LogP contribution in [0.2, 0.25) is 0 Å². The average molecular weight is 189 g/mol. The monoisotopic (exact) mass is 188 g/mol. The molecule has 0 saturated carbocycles. The number of hydrogen-bond acceptors (Lipinski definition) is 1. The van der Waals surface area contributed by atoms with Gasteiger partial charge in [0.05, 0.1) is 0 Å². The molecule has 0 heterocycles. The number of rotatable bonds is 1. The van der Waals surface area contributed by atoms with Crippen molar-refractivity contribution >= 4 is 20.6 Å². The lowest BCUT2D eigenvalue weighted by atomic mass is 10.0. The maximum absolute atomic E-state index is 10.6. The quantitative estimate of drug-likeness (QED) is 0.579. The molecule has 1 nitrogen and oxygen atoms in total. The highest BCUT2D eigenvalue weighted by molar-refractivity contribution is 9.18. The standard InChI is InChI=1S/C7H9BrO/c8-7(9)6-4-2-1-3-5-6/h4H,1-3,5H2. The molecule has 0 N–H and O–H groups in total. The van der Waals surface area contributed by atoms with Crippen molar-refractivity contribution in [1.29, 1.82) is 0 Å². The van der Waals surface area contributed by atoms with Gasteiger partial charge in [0.2, 0.25) is 4.69 Å². The van der Waals surface area contributed by atoms with Crippen LogP contribution in [-0.2, 0) is 4.79 Å². The van der Waals surface area contributed by atoms with Crippen LogP contribution in [0.1, 0.15) is 25.7 Å². The van der Waals surface area contributed by atoms with Gasteiger partial charge in [-0.1, -0.05) is 6.08 Å². The number of allylic oxidation sites excluding steroid dienone is 2. The first-order chi connectivity index (χ1) is 4.30. The summed E-state index contributed by atoms with van der Waals surface area (Å²) in [5, 5.41) is 0. The Kier molecular flexibility index (Phi) is 2.46. The van der Waals surface area contributed by atoms with E-state index in [1.807, 2.05) is 6.08 Å². The van der Waals surface area contributed by atoms with E-state index >= 15 is 0 Å². The summed E-state index contributed by atoms with van der Waals surface area (Å²) in [5.41, 5.74) is 0.959. The highest BCUT2D eigenvalue weighted by Gasteiger charge is 2.07. The van der Waals surface area contributed by atoms with E-state index in [4.69, 9.17) is 0 Å². The third-order valence-corrected chi connectivity index (χ3v) is 2.05. The summed E-state index contributed by atoms with van der Waals surface area (Å²) >= 11 is 2.93. The summed E-state index contributed by atoms with van der Waals surface area (Å²) in [6.07, 6.45) is 6.48. The first-order valence-electron chi connectivity index (χ1n) is 3.19. The van der Waals surface area contributed by atoms with Crippen molar-refractivity contribution in [2.45, 2.75) is 25.7 Å². The minimum Gasteiger partial charge on any atom is -0.281 e. The third-order valence-electron chi connectivity index (χ3n) is 1.54. The minimum absolute atomic E-state index is 0.0715. The van der Waals surface area contributed by atoms with Crippen LogP contribution in [0.15, 0.2) is 11.6 Å². The maximum atomic E-state index is 10.6. The lowest BCUT2D eigenvalue weighted by molar-refractivity contribution is -0.107. The molecule has 0 amide bonds. The van der Waals surface area contributed by atoms with E-state index < -0.39 is 0 Å². The van der Waals surface area contributed by atoms with Gasteiger partial charge in [0.15, 0.2) is 0 Å². The predicted molar refractivity (Wildman–Crippen MR) is 40.5 cm³/mol. The Bertz CT molecular complexity index is 149. The summed E-state index contributed by atoms with van der Waals surface area (Å²) in [7, 11) is 0. The van der Waals surface area contributed by atoms with Gasteiger partial charge in [-0.05, 0) is 41.6 Å². The Hall–Kier alpha value is -0.110.